The van der Waals surface area contributed by atoms with Crippen LogP contribution in [0.25, 0.3) is 11.1 Å². The average Bonchev–Trinajstić information content (AvgIpc) is 3.18. The normalized spacial score (nSPS) is 11.8. The summed E-state index contributed by atoms with van der Waals surface area (Å²) in [6.07, 6.45) is 0. The number of nitrogens with zero attached hydrogens (tertiary/aromatic N) is 1. The van der Waals surface area contributed by atoms with E-state index >= 15 is 0 Å². The third-order valence-electron chi connectivity index (χ3n) is 4.63. The number of anilines is 1. The van der Waals surface area contributed by atoms with Crippen LogP contribution in [0.15, 0.2) is 42.5 Å². The zero-order chi connectivity index (χ0) is 21.0. The van der Waals surface area contributed by atoms with Gasteiger partial charge in [-0.05, 0) is 36.2 Å². The molecule has 7 heteroatoms. The molecule has 1 atom stereocenters. The fraction of sp³-hybridized carbons (Fsp3) is 0.273. The van der Waals surface area contributed by atoms with E-state index in [1.807, 2.05) is 25.1 Å². The summed E-state index contributed by atoms with van der Waals surface area (Å²) in [6, 6.07) is 12.3. The number of carbonyl (C=O) groups excluding carboxylic acids is 1. The smallest absolute Gasteiger partial charge is 0.350 e. The fourth-order valence-corrected chi connectivity index (χ4v) is 3.95. The van der Waals surface area contributed by atoms with Gasteiger partial charge < -0.3 is 14.8 Å². The second-order valence-electron chi connectivity index (χ2n) is 6.39. The van der Waals surface area contributed by atoms with Gasteiger partial charge in [0.15, 0.2) is 5.13 Å². The van der Waals surface area contributed by atoms with E-state index in [9.17, 15) is 9.18 Å². The molecule has 3 rings (SSSR count). The first-order valence-corrected chi connectivity index (χ1v) is 10.1. The lowest BCUT2D eigenvalue weighted by molar-refractivity contribution is 0.0530. The first kappa shape index (κ1) is 20.8. The molecule has 1 unspecified atom stereocenters. The summed E-state index contributed by atoms with van der Waals surface area (Å²) in [6.45, 7) is 3.94. The van der Waals surface area contributed by atoms with Crippen molar-refractivity contribution in [2.45, 2.75) is 19.8 Å². The van der Waals surface area contributed by atoms with Crippen LogP contribution in [0.2, 0.25) is 0 Å². The molecule has 1 aromatic heterocycles. The number of rotatable bonds is 7. The molecule has 0 saturated carbocycles. The van der Waals surface area contributed by atoms with Gasteiger partial charge in [-0.1, -0.05) is 42.5 Å². The van der Waals surface area contributed by atoms with E-state index in [0.717, 1.165) is 16.9 Å². The zero-order valence-corrected chi connectivity index (χ0v) is 17.6. The van der Waals surface area contributed by atoms with Gasteiger partial charge in [0.25, 0.3) is 0 Å². The lowest BCUT2D eigenvalue weighted by Gasteiger charge is -2.13. The Morgan fingerprint density at radius 3 is 2.55 bits per heavy atom. The van der Waals surface area contributed by atoms with Gasteiger partial charge in [-0.15, -0.1) is 0 Å². The molecule has 0 aliphatic carbocycles. The van der Waals surface area contributed by atoms with Gasteiger partial charge in [0.1, 0.15) is 16.4 Å². The Morgan fingerprint density at radius 2 is 1.97 bits per heavy atom. The second-order valence-corrected chi connectivity index (χ2v) is 7.39. The Balaban J connectivity index is 1.94. The number of carbonyl (C=O) groups is 1. The minimum absolute atomic E-state index is 0.271. The summed E-state index contributed by atoms with van der Waals surface area (Å²) in [5, 5.41) is 3.57. The number of methoxy groups -OCH3 is 1. The number of hydrogen-bond acceptors (Lipinski definition) is 6. The second kappa shape index (κ2) is 9.05. The summed E-state index contributed by atoms with van der Waals surface area (Å²) in [7, 11) is 3.33. The van der Waals surface area contributed by atoms with E-state index < -0.39 is 5.97 Å². The number of hydrogen-bond donors (Lipinski definition) is 1. The third-order valence-corrected chi connectivity index (χ3v) is 5.70. The van der Waals surface area contributed by atoms with Gasteiger partial charge in [0, 0.05) is 18.5 Å². The predicted molar refractivity (Wildman–Crippen MR) is 114 cm³/mol. The zero-order valence-electron chi connectivity index (χ0n) is 16.8. The Hall–Kier alpha value is -2.93. The molecule has 0 bridgehead atoms. The minimum Gasteiger partial charge on any atom is -0.497 e. The minimum atomic E-state index is -0.413. The molecule has 152 valence electrons. The van der Waals surface area contributed by atoms with Crippen molar-refractivity contribution in [3.05, 3.63) is 64.4 Å². The van der Waals surface area contributed by atoms with E-state index in [1.54, 1.807) is 39.3 Å². The molecule has 1 heterocycles. The first-order valence-electron chi connectivity index (χ1n) is 9.27. The number of ether oxygens (including phenoxy) is 2. The van der Waals surface area contributed by atoms with Crippen LogP contribution in [0.1, 0.15) is 40.7 Å². The lowest BCUT2D eigenvalue weighted by atomic mass is 9.94. The van der Waals surface area contributed by atoms with E-state index in [0.29, 0.717) is 21.3 Å². The largest absolute Gasteiger partial charge is 0.497 e. The molecule has 0 amide bonds. The van der Waals surface area contributed by atoms with Crippen LogP contribution in [-0.4, -0.2) is 31.7 Å². The van der Waals surface area contributed by atoms with Gasteiger partial charge in [0.05, 0.1) is 19.4 Å². The number of benzene rings is 2. The molecule has 0 fully saturated rings. The summed E-state index contributed by atoms with van der Waals surface area (Å²) < 4.78 is 25.2. The number of esters is 1. The van der Waals surface area contributed by atoms with Crippen molar-refractivity contribution >= 4 is 22.4 Å². The molecule has 0 aliphatic heterocycles. The third kappa shape index (κ3) is 4.40. The van der Waals surface area contributed by atoms with Crippen molar-refractivity contribution in [3.63, 3.8) is 0 Å². The highest BCUT2D eigenvalue weighted by atomic mass is 32.1. The Bertz CT molecular complexity index is 1000. The van der Waals surface area contributed by atoms with Crippen LogP contribution in [0, 0.1) is 5.82 Å². The summed E-state index contributed by atoms with van der Waals surface area (Å²) in [5.74, 6) is -0.299. The maximum absolute atomic E-state index is 14.9. The van der Waals surface area contributed by atoms with Crippen molar-refractivity contribution in [2.24, 2.45) is 0 Å². The Kier molecular flexibility index (Phi) is 6.49. The molecule has 3 aromatic rings. The van der Waals surface area contributed by atoms with E-state index in [2.05, 4.69) is 10.3 Å². The topological polar surface area (TPSA) is 60.5 Å². The van der Waals surface area contributed by atoms with Gasteiger partial charge in [-0.3, -0.25) is 0 Å². The quantitative estimate of drug-likeness (QED) is 0.530. The number of thiazole rings is 1. The van der Waals surface area contributed by atoms with Gasteiger partial charge in [-0.2, -0.15) is 0 Å². The highest BCUT2D eigenvalue weighted by molar-refractivity contribution is 7.17. The van der Waals surface area contributed by atoms with Gasteiger partial charge >= 0.3 is 5.97 Å². The predicted octanol–water partition coefficient (Wildman–Crippen LogP) is 5.33. The number of aromatic nitrogens is 1. The maximum atomic E-state index is 14.9. The number of halogens is 1. The van der Waals surface area contributed by atoms with Crippen LogP contribution < -0.4 is 10.1 Å². The molecule has 29 heavy (non-hydrogen) atoms. The molecular formula is C22H23FN2O3S. The highest BCUT2D eigenvalue weighted by Gasteiger charge is 2.24. The Morgan fingerprint density at radius 1 is 1.24 bits per heavy atom. The Labute approximate surface area is 173 Å². The standard InChI is InChI=1S/C22H23FN2O3S/c1-5-28-21(26)20-19(25-22(24-3)29-20)13(2)15-8-11-17(18(23)12-15)14-6-9-16(27-4)10-7-14/h6-13H,5H2,1-4H3,(H,24,25). The molecule has 0 radical (unpaired) electrons. The average molecular weight is 415 g/mol. The van der Waals surface area contributed by atoms with Crippen molar-refractivity contribution in [2.75, 3.05) is 26.1 Å². The highest BCUT2D eigenvalue weighted by Crippen LogP contribution is 2.34. The first-order chi connectivity index (χ1) is 14.0. The van der Waals surface area contributed by atoms with Crippen molar-refractivity contribution in [3.8, 4) is 16.9 Å². The number of nitrogens with one attached hydrogen (secondary N) is 1. The van der Waals surface area contributed by atoms with Crippen molar-refractivity contribution in [1.82, 2.24) is 4.98 Å². The van der Waals surface area contributed by atoms with Gasteiger partial charge in [0.2, 0.25) is 0 Å². The SMILES string of the molecule is CCOC(=O)c1sc(NC)nc1C(C)c1ccc(-c2ccc(OC)cc2)c(F)c1. The summed E-state index contributed by atoms with van der Waals surface area (Å²) >= 11 is 1.24. The monoisotopic (exact) mass is 414 g/mol. The fourth-order valence-electron chi connectivity index (χ4n) is 3.04. The molecule has 0 spiro atoms. The van der Waals surface area contributed by atoms with Crippen LogP contribution in [0.5, 0.6) is 5.75 Å². The molecule has 5 nitrogen and oxygen atoms in total. The van der Waals surface area contributed by atoms with E-state index in [1.165, 1.54) is 17.4 Å². The van der Waals surface area contributed by atoms with Crippen molar-refractivity contribution < 1.29 is 18.7 Å². The van der Waals surface area contributed by atoms with Crippen molar-refractivity contribution in [1.29, 1.82) is 0 Å². The van der Waals surface area contributed by atoms with Crippen LogP contribution >= 0.6 is 11.3 Å². The van der Waals surface area contributed by atoms with Crippen LogP contribution in [0.4, 0.5) is 9.52 Å². The summed E-state index contributed by atoms with van der Waals surface area (Å²) in [5.41, 5.74) is 2.58. The molecule has 0 aliphatic rings. The van der Waals surface area contributed by atoms with E-state index in [4.69, 9.17) is 9.47 Å². The molecule has 1 N–H and O–H groups in total. The molecular weight excluding hydrogens is 391 g/mol. The van der Waals surface area contributed by atoms with Gasteiger partial charge in [-0.25, -0.2) is 14.2 Å². The summed E-state index contributed by atoms with van der Waals surface area (Å²) in [4.78, 5) is 17.3. The van der Waals surface area contributed by atoms with Crippen LogP contribution in [-0.2, 0) is 4.74 Å². The molecule has 2 aromatic carbocycles. The van der Waals surface area contributed by atoms with E-state index in [-0.39, 0.29) is 18.3 Å². The van der Waals surface area contributed by atoms with Crippen LogP contribution in [0.3, 0.4) is 0 Å². The lowest BCUT2D eigenvalue weighted by Crippen LogP contribution is -2.08. The molecule has 0 saturated heterocycles. The maximum Gasteiger partial charge on any atom is 0.350 e.